The molecule has 0 unspecified atom stereocenters. The highest BCUT2D eigenvalue weighted by Gasteiger charge is 2.20. The van der Waals surface area contributed by atoms with E-state index in [0.29, 0.717) is 12.1 Å². The number of benzene rings is 1. The second-order valence-electron chi connectivity index (χ2n) is 7.80. The first-order valence-electron chi connectivity index (χ1n) is 10.1. The van der Waals surface area contributed by atoms with Gasteiger partial charge in [0.05, 0.1) is 11.1 Å². The lowest BCUT2D eigenvalue weighted by molar-refractivity contribution is 0.100. The van der Waals surface area contributed by atoms with Crippen molar-refractivity contribution in [2.24, 2.45) is 18.5 Å². The molecule has 2 atom stereocenters. The quantitative estimate of drug-likeness (QED) is 0.434. The van der Waals surface area contributed by atoms with Crippen LogP contribution in [0.4, 0.5) is 27.5 Å². The van der Waals surface area contributed by atoms with E-state index in [2.05, 4.69) is 20.7 Å². The van der Waals surface area contributed by atoms with E-state index in [-0.39, 0.29) is 29.3 Å². The average molecular weight is 429 g/mol. The van der Waals surface area contributed by atoms with Gasteiger partial charge in [-0.05, 0) is 37.6 Å². The predicted octanol–water partition coefficient (Wildman–Crippen LogP) is 2.55. The Hall–Kier alpha value is -3.40. The van der Waals surface area contributed by atoms with Gasteiger partial charge in [0.2, 0.25) is 0 Å². The zero-order valence-electron chi connectivity index (χ0n) is 18.4. The van der Waals surface area contributed by atoms with Gasteiger partial charge in [-0.2, -0.15) is 5.10 Å². The number of primary amides is 1. The normalized spacial score (nSPS) is 13.1. The molecule has 1 amide bonds. The summed E-state index contributed by atoms with van der Waals surface area (Å²) in [6.07, 6.45) is 0.685. The summed E-state index contributed by atoms with van der Waals surface area (Å²) in [6, 6.07) is 6.34. The Balaban J connectivity index is 2.04. The number of hydrogen-bond acceptors (Lipinski definition) is 7. The largest absolute Gasteiger partial charge is 0.365 e. The van der Waals surface area contributed by atoms with Gasteiger partial charge >= 0.3 is 0 Å². The molecule has 166 valence electrons. The number of nitrogens with one attached hydrogen (secondary N) is 2. The summed E-state index contributed by atoms with van der Waals surface area (Å²) in [6.45, 7) is 3.78. The number of aryl methyl sites for hydroxylation is 1. The Labute approximate surface area is 180 Å². The molecule has 0 aliphatic carbocycles. The van der Waals surface area contributed by atoms with Gasteiger partial charge in [0.15, 0.2) is 17.5 Å². The van der Waals surface area contributed by atoms with Crippen molar-refractivity contribution in [3.05, 3.63) is 35.6 Å². The molecule has 0 aliphatic heterocycles. The zero-order chi connectivity index (χ0) is 22.9. The van der Waals surface area contributed by atoms with Crippen LogP contribution >= 0.6 is 0 Å². The summed E-state index contributed by atoms with van der Waals surface area (Å²) in [5, 5.41) is 11.6. The number of halogens is 1. The van der Waals surface area contributed by atoms with E-state index in [1.165, 1.54) is 0 Å². The summed E-state index contributed by atoms with van der Waals surface area (Å²) in [5.74, 6) is -0.487. The lowest BCUT2D eigenvalue weighted by atomic mass is 10.1. The van der Waals surface area contributed by atoms with Crippen molar-refractivity contribution in [3.8, 4) is 0 Å². The smallest absolute Gasteiger partial charge is 0.252 e. The van der Waals surface area contributed by atoms with Gasteiger partial charge in [-0.15, -0.1) is 0 Å². The minimum Gasteiger partial charge on any atom is -0.365 e. The molecule has 0 saturated carbocycles. The van der Waals surface area contributed by atoms with E-state index in [9.17, 15) is 9.18 Å². The summed E-state index contributed by atoms with van der Waals surface area (Å²) < 4.78 is 16.4. The molecule has 10 heteroatoms. The third-order valence-electron chi connectivity index (χ3n) is 5.16. The molecule has 1 aromatic carbocycles. The average Bonchev–Trinajstić information content (AvgIpc) is 3.03. The number of nitrogens with two attached hydrogens (primary N) is 2. The molecular weight excluding hydrogens is 399 g/mol. The van der Waals surface area contributed by atoms with E-state index in [4.69, 9.17) is 11.5 Å². The molecule has 0 saturated heterocycles. The van der Waals surface area contributed by atoms with Gasteiger partial charge in [0, 0.05) is 44.3 Å². The van der Waals surface area contributed by atoms with Crippen molar-refractivity contribution < 1.29 is 9.18 Å². The minimum absolute atomic E-state index is 0.00749. The Kier molecular flexibility index (Phi) is 6.30. The molecule has 3 aromatic rings. The van der Waals surface area contributed by atoms with Gasteiger partial charge in [-0.25, -0.2) is 9.37 Å². The van der Waals surface area contributed by atoms with Crippen LogP contribution in [0.5, 0.6) is 0 Å². The Morgan fingerprint density at radius 1 is 1.29 bits per heavy atom. The van der Waals surface area contributed by atoms with Crippen LogP contribution in [0.25, 0.3) is 10.9 Å². The zero-order valence-corrected chi connectivity index (χ0v) is 18.4. The third-order valence-corrected chi connectivity index (χ3v) is 5.16. The maximum absolute atomic E-state index is 14.6. The van der Waals surface area contributed by atoms with Crippen LogP contribution in [0, 0.1) is 5.82 Å². The summed E-state index contributed by atoms with van der Waals surface area (Å²) in [7, 11) is 5.69. The fourth-order valence-corrected chi connectivity index (χ4v) is 3.45. The number of hydrogen-bond donors (Lipinski definition) is 4. The second kappa shape index (κ2) is 8.76. The monoisotopic (exact) mass is 428 g/mol. The molecule has 0 fully saturated rings. The van der Waals surface area contributed by atoms with Crippen LogP contribution in [0.15, 0.2) is 24.3 Å². The first-order valence-corrected chi connectivity index (χ1v) is 10.1. The van der Waals surface area contributed by atoms with Crippen molar-refractivity contribution in [1.82, 2.24) is 14.8 Å². The molecule has 0 aliphatic rings. The summed E-state index contributed by atoms with van der Waals surface area (Å²) in [5.41, 5.74) is 13.0. The van der Waals surface area contributed by atoms with Crippen molar-refractivity contribution in [3.63, 3.8) is 0 Å². The van der Waals surface area contributed by atoms with Gasteiger partial charge in [-0.3, -0.25) is 9.48 Å². The number of amides is 1. The van der Waals surface area contributed by atoms with Crippen molar-refractivity contribution in [2.45, 2.75) is 32.4 Å². The Morgan fingerprint density at radius 2 is 2.00 bits per heavy atom. The van der Waals surface area contributed by atoms with Crippen LogP contribution in [0.1, 0.15) is 30.6 Å². The number of rotatable bonds is 8. The topological polar surface area (TPSA) is 127 Å². The lowest BCUT2D eigenvalue weighted by Crippen LogP contribution is -2.38. The standard InChI is InChI=1S/C21H29FN8O/c1-6-16(11(2)23)26-20-15(22)10-14(18(24)31)19(27-20)25-12-7-8-17-13(9-12)21(29(3)4)28-30(17)5/h7-11,16H,6,23H2,1-5H3,(H2,24,31)(H2,25,26,27)/t11-,16+/m0/s1. The fourth-order valence-electron chi connectivity index (χ4n) is 3.45. The van der Waals surface area contributed by atoms with Crippen molar-refractivity contribution in [2.75, 3.05) is 29.6 Å². The number of nitrogens with zero attached hydrogens (tertiary/aromatic N) is 4. The number of fused-ring (bicyclic) bond motifs is 1. The summed E-state index contributed by atoms with van der Waals surface area (Å²) in [4.78, 5) is 18.2. The van der Waals surface area contributed by atoms with Crippen LogP contribution < -0.4 is 27.0 Å². The molecule has 2 heterocycles. The molecule has 6 N–H and O–H groups in total. The number of aromatic nitrogens is 3. The molecular formula is C21H29FN8O. The van der Waals surface area contributed by atoms with E-state index < -0.39 is 11.7 Å². The van der Waals surface area contributed by atoms with Crippen LogP contribution in [-0.4, -0.2) is 46.9 Å². The number of pyridine rings is 1. The highest BCUT2D eigenvalue weighted by molar-refractivity contribution is 5.99. The first-order chi connectivity index (χ1) is 14.6. The molecule has 0 bridgehead atoms. The van der Waals surface area contributed by atoms with Crippen LogP contribution in [-0.2, 0) is 7.05 Å². The molecule has 0 spiro atoms. The van der Waals surface area contributed by atoms with Crippen molar-refractivity contribution >= 4 is 40.0 Å². The second-order valence-corrected chi connectivity index (χ2v) is 7.80. The molecule has 2 aromatic heterocycles. The first kappa shape index (κ1) is 22.3. The highest BCUT2D eigenvalue weighted by atomic mass is 19.1. The maximum atomic E-state index is 14.6. The maximum Gasteiger partial charge on any atom is 0.252 e. The van der Waals surface area contributed by atoms with E-state index in [0.717, 1.165) is 22.8 Å². The Bertz CT molecular complexity index is 1110. The molecule has 31 heavy (non-hydrogen) atoms. The summed E-state index contributed by atoms with van der Waals surface area (Å²) >= 11 is 0. The van der Waals surface area contributed by atoms with Gasteiger partial charge in [-0.1, -0.05) is 6.92 Å². The highest BCUT2D eigenvalue weighted by Crippen LogP contribution is 2.30. The van der Waals surface area contributed by atoms with Crippen LogP contribution in [0.3, 0.4) is 0 Å². The van der Waals surface area contributed by atoms with Gasteiger partial charge in [0.1, 0.15) is 5.82 Å². The van der Waals surface area contributed by atoms with E-state index in [1.807, 2.05) is 58.1 Å². The Morgan fingerprint density at radius 3 is 2.58 bits per heavy atom. The van der Waals surface area contributed by atoms with E-state index in [1.54, 1.807) is 4.68 Å². The van der Waals surface area contributed by atoms with E-state index >= 15 is 0 Å². The fraction of sp³-hybridized carbons (Fsp3) is 0.381. The molecule has 3 rings (SSSR count). The van der Waals surface area contributed by atoms with Crippen molar-refractivity contribution in [1.29, 1.82) is 0 Å². The molecule has 9 nitrogen and oxygen atoms in total. The third kappa shape index (κ3) is 4.53. The lowest BCUT2D eigenvalue weighted by Gasteiger charge is -2.22. The van der Waals surface area contributed by atoms with Gasteiger partial charge < -0.3 is 27.0 Å². The SMILES string of the molecule is CC[C@@H](Nc1nc(Nc2ccc3c(c2)c(N(C)C)nn3C)c(C(N)=O)cc1F)[C@H](C)N. The predicted molar refractivity (Wildman–Crippen MR) is 122 cm³/mol. The number of carbonyl (C=O) groups excluding carboxylic acids is 1. The molecule has 0 radical (unpaired) electrons. The minimum atomic E-state index is -0.781. The van der Waals surface area contributed by atoms with Gasteiger partial charge in [0.25, 0.3) is 5.91 Å². The van der Waals surface area contributed by atoms with Crippen LogP contribution in [0.2, 0.25) is 0 Å². The number of carbonyl (C=O) groups is 1. The number of anilines is 4.